The van der Waals surface area contributed by atoms with Crippen LogP contribution in [-0.2, 0) is 14.4 Å². The van der Waals surface area contributed by atoms with Crippen molar-refractivity contribution in [2.45, 2.75) is 58.1 Å². The number of carbonyl (C=O) groups excluding carboxylic acids is 2. The summed E-state index contributed by atoms with van der Waals surface area (Å²) in [5, 5.41) is 4.00. The van der Waals surface area contributed by atoms with Crippen LogP contribution in [-0.4, -0.2) is 43.0 Å². The van der Waals surface area contributed by atoms with Crippen LogP contribution in [0, 0.1) is 5.92 Å². The number of ether oxygens (including phenoxy) is 1. The third-order valence-corrected chi connectivity index (χ3v) is 3.38. The Morgan fingerprint density at radius 3 is 2.14 bits per heavy atom. The van der Waals surface area contributed by atoms with Crippen molar-refractivity contribution in [2.75, 3.05) is 14.2 Å². The van der Waals surface area contributed by atoms with Gasteiger partial charge < -0.3 is 10.1 Å². The molecule has 0 unspecified atom stereocenters. The van der Waals surface area contributed by atoms with Crippen LogP contribution < -0.4 is 10.7 Å². The highest BCUT2D eigenvalue weighted by molar-refractivity contribution is 5.77. The molecule has 21 heavy (non-hydrogen) atoms. The first kappa shape index (κ1) is 17.7. The Hall–Kier alpha value is -1.34. The maximum absolute atomic E-state index is 12.1. The number of hydrogen-bond donors (Lipinski definition) is 2. The molecule has 0 aromatic heterocycles. The van der Waals surface area contributed by atoms with Gasteiger partial charge in [-0.05, 0) is 46.5 Å². The van der Waals surface area contributed by atoms with Crippen molar-refractivity contribution >= 4 is 12.0 Å². The van der Waals surface area contributed by atoms with Gasteiger partial charge in [-0.15, -0.1) is 5.17 Å². The van der Waals surface area contributed by atoms with Crippen LogP contribution in [0.3, 0.4) is 0 Å². The van der Waals surface area contributed by atoms with E-state index < -0.39 is 11.7 Å². The van der Waals surface area contributed by atoms with E-state index >= 15 is 0 Å². The predicted octanol–water partition coefficient (Wildman–Crippen LogP) is 1.59. The van der Waals surface area contributed by atoms with Crippen molar-refractivity contribution in [3.05, 3.63) is 0 Å². The first-order valence-corrected chi connectivity index (χ1v) is 7.31. The van der Waals surface area contributed by atoms with Crippen molar-refractivity contribution in [1.29, 1.82) is 0 Å². The second-order valence-electron chi connectivity index (χ2n) is 6.23. The fraction of sp³-hybridized carbons (Fsp3) is 0.857. The molecule has 1 aliphatic rings. The van der Waals surface area contributed by atoms with Crippen LogP contribution in [0.5, 0.6) is 0 Å². The molecule has 1 saturated carbocycles. The van der Waals surface area contributed by atoms with Gasteiger partial charge in [0.25, 0.3) is 5.91 Å². The molecule has 2 amide bonds. The summed E-state index contributed by atoms with van der Waals surface area (Å²) < 4.78 is 5.23. The highest BCUT2D eigenvalue weighted by Crippen LogP contribution is 2.26. The maximum Gasteiger partial charge on any atom is 0.407 e. The summed E-state index contributed by atoms with van der Waals surface area (Å²) in [6.45, 7) is 5.50. The van der Waals surface area contributed by atoms with Gasteiger partial charge in [-0.3, -0.25) is 9.63 Å². The van der Waals surface area contributed by atoms with Gasteiger partial charge in [0.15, 0.2) is 0 Å². The highest BCUT2D eigenvalue weighted by Gasteiger charge is 2.30. The van der Waals surface area contributed by atoms with Crippen LogP contribution in [0.15, 0.2) is 0 Å². The van der Waals surface area contributed by atoms with Gasteiger partial charge in [-0.25, -0.2) is 10.2 Å². The maximum atomic E-state index is 12.1. The molecule has 0 radical (unpaired) electrons. The monoisotopic (exact) mass is 301 g/mol. The number of rotatable bonds is 4. The van der Waals surface area contributed by atoms with Crippen LogP contribution in [0.25, 0.3) is 0 Å². The number of hydrogen-bond acceptors (Lipinski definition) is 5. The molecule has 1 rings (SSSR count). The number of hydrazine groups is 1. The number of carbonyl (C=O) groups is 2. The van der Waals surface area contributed by atoms with E-state index in [-0.39, 0.29) is 17.9 Å². The summed E-state index contributed by atoms with van der Waals surface area (Å²) in [6, 6.07) is 0.0643. The number of alkyl carbamates (subject to hydrolysis) is 1. The zero-order valence-corrected chi connectivity index (χ0v) is 13.6. The minimum absolute atomic E-state index is 0.0643. The first-order chi connectivity index (χ1) is 9.76. The zero-order valence-electron chi connectivity index (χ0n) is 13.6. The van der Waals surface area contributed by atoms with Crippen molar-refractivity contribution in [2.24, 2.45) is 5.92 Å². The molecule has 0 heterocycles. The molecular weight excluding hydrogens is 274 g/mol. The molecule has 0 atom stereocenters. The molecule has 0 saturated heterocycles. The normalized spacial score (nSPS) is 22.5. The van der Waals surface area contributed by atoms with Gasteiger partial charge in [0.05, 0.1) is 7.11 Å². The van der Waals surface area contributed by atoms with Gasteiger partial charge in [-0.1, -0.05) is 0 Å². The van der Waals surface area contributed by atoms with E-state index in [9.17, 15) is 9.59 Å². The SMILES string of the molecule is CNN(OC)C(=O)C1CCC(NC(=O)OC(C)(C)C)CC1. The Kier molecular flexibility index (Phi) is 6.42. The fourth-order valence-electron chi connectivity index (χ4n) is 2.42. The minimum atomic E-state index is -0.497. The smallest absolute Gasteiger partial charge is 0.407 e. The largest absolute Gasteiger partial charge is 0.444 e. The van der Waals surface area contributed by atoms with E-state index in [0.29, 0.717) is 0 Å². The summed E-state index contributed by atoms with van der Waals surface area (Å²) in [7, 11) is 3.08. The Bertz CT molecular complexity index is 356. The van der Waals surface area contributed by atoms with Crippen LogP contribution in [0.4, 0.5) is 4.79 Å². The minimum Gasteiger partial charge on any atom is -0.444 e. The van der Waals surface area contributed by atoms with Crippen LogP contribution in [0.2, 0.25) is 0 Å². The van der Waals surface area contributed by atoms with Crippen molar-refractivity contribution in [3.63, 3.8) is 0 Å². The van der Waals surface area contributed by atoms with Gasteiger partial charge in [0.2, 0.25) is 0 Å². The van der Waals surface area contributed by atoms with E-state index in [1.807, 2.05) is 20.8 Å². The van der Waals surface area contributed by atoms with E-state index in [4.69, 9.17) is 9.57 Å². The Balaban J connectivity index is 2.39. The summed E-state index contributed by atoms with van der Waals surface area (Å²) in [6.07, 6.45) is 2.57. The average Bonchev–Trinajstić information content (AvgIpc) is 2.38. The third kappa shape index (κ3) is 5.89. The quantitative estimate of drug-likeness (QED) is 0.771. The van der Waals surface area contributed by atoms with Crippen molar-refractivity contribution in [1.82, 2.24) is 15.9 Å². The molecule has 1 aliphatic carbocycles. The lowest BCUT2D eigenvalue weighted by atomic mass is 9.85. The lowest BCUT2D eigenvalue weighted by molar-refractivity contribution is -0.196. The van der Waals surface area contributed by atoms with Crippen LogP contribution in [0.1, 0.15) is 46.5 Å². The second kappa shape index (κ2) is 7.61. The molecule has 0 bridgehead atoms. The summed E-state index contributed by atoms with van der Waals surface area (Å²) >= 11 is 0. The topological polar surface area (TPSA) is 79.9 Å². The van der Waals surface area contributed by atoms with E-state index in [0.717, 1.165) is 30.9 Å². The van der Waals surface area contributed by atoms with E-state index in [1.54, 1.807) is 7.05 Å². The first-order valence-electron chi connectivity index (χ1n) is 7.31. The van der Waals surface area contributed by atoms with Gasteiger partial charge >= 0.3 is 6.09 Å². The molecule has 0 aromatic rings. The standard InChI is InChI=1S/C14H27N3O4/c1-14(2,3)21-13(19)16-11-8-6-10(7-9-11)12(18)17(15-4)20-5/h10-11,15H,6-9H2,1-5H3,(H,16,19). The van der Waals surface area contributed by atoms with Gasteiger partial charge in [-0.2, -0.15) is 0 Å². The highest BCUT2D eigenvalue weighted by atomic mass is 16.7. The summed E-state index contributed by atoms with van der Waals surface area (Å²) in [5.41, 5.74) is 2.19. The van der Waals surface area contributed by atoms with Crippen LogP contribution >= 0.6 is 0 Å². The Labute approximate surface area is 126 Å². The molecule has 0 aliphatic heterocycles. The second-order valence-corrected chi connectivity index (χ2v) is 6.23. The van der Waals surface area contributed by atoms with Crippen molar-refractivity contribution < 1.29 is 19.2 Å². The average molecular weight is 301 g/mol. The Morgan fingerprint density at radius 2 is 1.71 bits per heavy atom. The molecule has 7 nitrogen and oxygen atoms in total. The third-order valence-electron chi connectivity index (χ3n) is 3.38. The molecule has 2 N–H and O–H groups in total. The molecule has 1 fully saturated rings. The van der Waals surface area contributed by atoms with E-state index in [2.05, 4.69) is 10.7 Å². The molecule has 0 spiro atoms. The molecule has 0 aromatic carbocycles. The fourth-order valence-corrected chi connectivity index (χ4v) is 2.42. The van der Waals surface area contributed by atoms with Crippen molar-refractivity contribution in [3.8, 4) is 0 Å². The van der Waals surface area contributed by atoms with E-state index in [1.165, 1.54) is 7.11 Å². The summed E-state index contributed by atoms with van der Waals surface area (Å²) in [4.78, 5) is 28.8. The zero-order chi connectivity index (χ0) is 16.0. The number of nitrogens with zero attached hydrogens (tertiary/aromatic N) is 1. The lowest BCUT2D eigenvalue weighted by Gasteiger charge is -2.31. The molecule has 122 valence electrons. The predicted molar refractivity (Wildman–Crippen MR) is 78.0 cm³/mol. The lowest BCUT2D eigenvalue weighted by Crippen LogP contribution is -2.46. The number of nitrogens with one attached hydrogen (secondary N) is 2. The Morgan fingerprint density at radius 1 is 1.14 bits per heavy atom. The number of hydroxylamine groups is 1. The summed E-state index contributed by atoms with van der Waals surface area (Å²) in [5.74, 6) is -0.148. The van der Waals surface area contributed by atoms with Gasteiger partial charge in [0.1, 0.15) is 5.60 Å². The molecule has 7 heteroatoms. The number of amides is 2. The molecular formula is C14H27N3O4. The van der Waals surface area contributed by atoms with Gasteiger partial charge in [0, 0.05) is 19.0 Å².